The van der Waals surface area contributed by atoms with Crippen molar-refractivity contribution in [2.24, 2.45) is 9.98 Å². The summed E-state index contributed by atoms with van der Waals surface area (Å²) in [5, 5.41) is 26.2. The van der Waals surface area contributed by atoms with Crippen LogP contribution in [0.15, 0.2) is 9.98 Å². The van der Waals surface area contributed by atoms with Gasteiger partial charge in [0, 0.05) is 38.5 Å². The molecule has 0 aromatic carbocycles. The molecule has 0 fully saturated rings. The molecule has 14 heavy (non-hydrogen) atoms. The molecule has 0 aromatic heterocycles. The molecule has 0 rings (SSSR count). The fourth-order valence-corrected chi connectivity index (χ4v) is 0.748. The fourth-order valence-electron chi connectivity index (χ4n) is 0.748. The van der Waals surface area contributed by atoms with Gasteiger partial charge in [0.05, 0.1) is 19.2 Å². The van der Waals surface area contributed by atoms with Crippen molar-refractivity contribution >= 4 is 12.4 Å². The summed E-state index contributed by atoms with van der Waals surface area (Å²) in [6.45, 7) is 0.759. The van der Waals surface area contributed by atoms with E-state index in [-0.39, 0.29) is 13.2 Å². The molecule has 0 saturated carbocycles. The third kappa shape index (κ3) is 9.31. The molecule has 0 amide bonds. The van der Waals surface area contributed by atoms with Crippen LogP contribution in [0.4, 0.5) is 0 Å². The van der Waals surface area contributed by atoms with E-state index < -0.39 is 6.10 Å². The normalized spacial score (nSPS) is 14.2. The van der Waals surface area contributed by atoms with Crippen LogP contribution in [0.5, 0.6) is 0 Å². The Labute approximate surface area is 83.8 Å². The zero-order valence-electron chi connectivity index (χ0n) is 8.21. The van der Waals surface area contributed by atoms with Gasteiger partial charge in [0.1, 0.15) is 0 Å². The Hall–Kier alpha value is -0.780. The summed E-state index contributed by atoms with van der Waals surface area (Å²) in [5.41, 5.74) is 0. The van der Waals surface area contributed by atoms with E-state index >= 15 is 0 Å². The number of rotatable bonds is 8. The topological polar surface area (TPSA) is 85.4 Å². The highest BCUT2D eigenvalue weighted by molar-refractivity contribution is 5.57. The molecule has 0 heterocycles. The first-order chi connectivity index (χ1) is 6.81. The Morgan fingerprint density at radius 3 is 1.71 bits per heavy atom. The Morgan fingerprint density at radius 2 is 1.36 bits per heavy atom. The van der Waals surface area contributed by atoms with Crippen molar-refractivity contribution in [1.82, 2.24) is 0 Å². The van der Waals surface area contributed by atoms with Crippen LogP contribution in [-0.4, -0.2) is 60.2 Å². The second-order valence-corrected chi connectivity index (χ2v) is 2.77. The number of hydrogen-bond donors (Lipinski definition) is 3. The molecule has 0 aliphatic rings. The van der Waals surface area contributed by atoms with Crippen molar-refractivity contribution in [1.29, 1.82) is 0 Å². The van der Waals surface area contributed by atoms with Crippen LogP contribution in [0.1, 0.15) is 12.8 Å². The molecule has 0 unspecified atom stereocenters. The molecule has 0 bridgehead atoms. The van der Waals surface area contributed by atoms with Crippen LogP contribution in [0.25, 0.3) is 0 Å². The molecule has 0 aliphatic heterocycles. The Bertz CT molecular complexity index is 153. The van der Waals surface area contributed by atoms with E-state index in [4.69, 9.17) is 10.2 Å². The smallest absolute Gasteiger partial charge is 0.0929 e. The maximum absolute atomic E-state index is 9.30. The molecule has 0 radical (unpaired) electrons. The first kappa shape index (κ1) is 13.2. The van der Waals surface area contributed by atoms with Crippen molar-refractivity contribution in [2.75, 3.05) is 26.3 Å². The first-order valence-electron chi connectivity index (χ1n) is 4.67. The van der Waals surface area contributed by atoms with Gasteiger partial charge in [-0.2, -0.15) is 0 Å². The largest absolute Gasteiger partial charge is 0.396 e. The van der Waals surface area contributed by atoms with Gasteiger partial charge in [-0.3, -0.25) is 9.98 Å². The summed E-state index contributed by atoms with van der Waals surface area (Å²) in [4.78, 5) is 7.80. The number of aliphatic hydroxyl groups excluding tert-OH is 3. The molecule has 5 nitrogen and oxygen atoms in total. The third-order valence-electron chi connectivity index (χ3n) is 1.41. The first-order valence-corrected chi connectivity index (χ1v) is 4.67. The second-order valence-electron chi connectivity index (χ2n) is 2.77. The van der Waals surface area contributed by atoms with Gasteiger partial charge in [0.2, 0.25) is 0 Å². The summed E-state index contributed by atoms with van der Waals surface area (Å²) in [5.74, 6) is 0. The molecule has 0 saturated heterocycles. The lowest BCUT2D eigenvalue weighted by Gasteiger charge is -2.02. The highest BCUT2D eigenvalue weighted by atomic mass is 16.3. The van der Waals surface area contributed by atoms with Gasteiger partial charge >= 0.3 is 0 Å². The maximum atomic E-state index is 9.30. The summed E-state index contributed by atoms with van der Waals surface area (Å²) in [6, 6.07) is 0. The van der Waals surface area contributed by atoms with E-state index in [1.165, 1.54) is 0 Å². The third-order valence-corrected chi connectivity index (χ3v) is 1.41. The van der Waals surface area contributed by atoms with Crippen molar-refractivity contribution < 1.29 is 15.3 Å². The average molecular weight is 202 g/mol. The van der Waals surface area contributed by atoms with E-state index in [2.05, 4.69) is 9.98 Å². The standard InChI is InChI=1S/C9H18N2O3/c12-5-1-3-10-7-9(14)8-11-4-2-6-13/h3-4,9,12-14H,1-2,5-8H2. The lowest BCUT2D eigenvalue weighted by Crippen LogP contribution is -2.15. The summed E-state index contributed by atoms with van der Waals surface area (Å²) in [6.07, 6.45) is 3.61. The van der Waals surface area contributed by atoms with Crippen molar-refractivity contribution in [3.63, 3.8) is 0 Å². The Kier molecular flexibility index (Phi) is 9.73. The molecule has 0 aliphatic carbocycles. The van der Waals surface area contributed by atoms with Crippen LogP contribution in [0.3, 0.4) is 0 Å². The van der Waals surface area contributed by atoms with Crippen molar-refractivity contribution in [3.8, 4) is 0 Å². The highest BCUT2D eigenvalue weighted by Crippen LogP contribution is 1.86. The molecule has 5 heteroatoms. The molecule has 0 atom stereocenters. The van der Waals surface area contributed by atoms with Crippen LogP contribution < -0.4 is 0 Å². The predicted octanol–water partition coefficient (Wildman–Crippen LogP) is -0.746. The fraction of sp³-hybridized carbons (Fsp3) is 0.778. The Morgan fingerprint density at radius 1 is 0.929 bits per heavy atom. The molecule has 3 N–H and O–H groups in total. The van der Waals surface area contributed by atoms with Gasteiger partial charge in [-0.1, -0.05) is 0 Å². The zero-order chi connectivity index (χ0) is 10.6. The van der Waals surface area contributed by atoms with Crippen LogP contribution in [0, 0.1) is 0 Å². The van der Waals surface area contributed by atoms with Gasteiger partial charge < -0.3 is 15.3 Å². The number of aliphatic imine (C=N–C) groups is 2. The van der Waals surface area contributed by atoms with Gasteiger partial charge in [0.25, 0.3) is 0 Å². The van der Waals surface area contributed by atoms with E-state index in [1.54, 1.807) is 12.4 Å². The SMILES string of the molecule is OCCC=NCC(O)CN=CCCO. The summed E-state index contributed by atoms with van der Waals surface area (Å²) >= 11 is 0. The van der Waals surface area contributed by atoms with Gasteiger partial charge in [-0.25, -0.2) is 0 Å². The minimum absolute atomic E-state index is 0.0776. The van der Waals surface area contributed by atoms with Gasteiger partial charge in [0.15, 0.2) is 0 Å². The number of hydrogen-bond acceptors (Lipinski definition) is 5. The van der Waals surface area contributed by atoms with E-state index in [0.717, 1.165) is 0 Å². The van der Waals surface area contributed by atoms with Crippen LogP contribution in [0.2, 0.25) is 0 Å². The maximum Gasteiger partial charge on any atom is 0.0929 e. The minimum atomic E-state index is -0.583. The zero-order valence-corrected chi connectivity index (χ0v) is 8.21. The lowest BCUT2D eigenvalue weighted by atomic mass is 10.3. The summed E-state index contributed by atoms with van der Waals surface area (Å²) in [7, 11) is 0. The monoisotopic (exact) mass is 202 g/mol. The quantitative estimate of drug-likeness (QED) is 0.453. The minimum Gasteiger partial charge on any atom is -0.396 e. The van der Waals surface area contributed by atoms with Crippen molar-refractivity contribution in [3.05, 3.63) is 0 Å². The molecule has 0 aromatic rings. The molecule has 82 valence electrons. The van der Waals surface area contributed by atoms with Crippen LogP contribution in [-0.2, 0) is 0 Å². The Balaban J connectivity index is 3.40. The van der Waals surface area contributed by atoms with E-state index in [9.17, 15) is 5.11 Å². The number of aliphatic hydroxyl groups is 3. The molecular formula is C9H18N2O3. The van der Waals surface area contributed by atoms with Gasteiger partial charge in [-0.05, 0) is 0 Å². The molecular weight excluding hydrogens is 184 g/mol. The van der Waals surface area contributed by atoms with Crippen molar-refractivity contribution in [2.45, 2.75) is 18.9 Å². The highest BCUT2D eigenvalue weighted by Gasteiger charge is 1.98. The second kappa shape index (κ2) is 10.3. The van der Waals surface area contributed by atoms with Gasteiger partial charge in [-0.15, -0.1) is 0 Å². The van der Waals surface area contributed by atoms with Crippen LogP contribution >= 0.6 is 0 Å². The predicted molar refractivity (Wildman–Crippen MR) is 56.1 cm³/mol. The van der Waals surface area contributed by atoms with E-state index in [0.29, 0.717) is 25.9 Å². The number of nitrogens with zero attached hydrogens (tertiary/aromatic N) is 2. The average Bonchev–Trinajstić information content (AvgIpc) is 2.19. The van der Waals surface area contributed by atoms with E-state index in [1.807, 2.05) is 0 Å². The lowest BCUT2D eigenvalue weighted by molar-refractivity contribution is 0.192. The summed E-state index contributed by atoms with van der Waals surface area (Å²) < 4.78 is 0. The molecule has 0 spiro atoms.